The molecule has 3 unspecified atom stereocenters. The van der Waals surface area contributed by atoms with Crippen LogP contribution in [0.25, 0.3) is 0 Å². The van der Waals surface area contributed by atoms with Crippen LogP contribution in [0.1, 0.15) is 6.92 Å². The molecular formula is C7H10O4. The van der Waals surface area contributed by atoms with Crippen LogP contribution < -0.4 is 0 Å². The van der Waals surface area contributed by atoms with E-state index in [-0.39, 0.29) is 24.3 Å². The molecule has 0 aromatic carbocycles. The Labute approximate surface area is 64.4 Å². The summed E-state index contributed by atoms with van der Waals surface area (Å²) in [5.41, 5.74) is 0. The fourth-order valence-electron chi connectivity index (χ4n) is 0.855. The van der Waals surface area contributed by atoms with Crippen molar-refractivity contribution in [2.45, 2.75) is 25.2 Å². The molecule has 0 spiro atoms. The van der Waals surface area contributed by atoms with Crippen LogP contribution in [-0.4, -0.2) is 37.5 Å². The maximum Gasteiger partial charge on any atom is 0.338 e. The van der Waals surface area contributed by atoms with Gasteiger partial charge in [-0.25, -0.2) is 4.79 Å². The van der Waals surface area contributed by atoms with Gasteiger partial charge in [-0.05, 0) is 6.92 Å². The van der Waals surface area contributed by atoms with E-state index in [9.17, 15) is 4.79 Å². The molecule has 62 valence electrons. The topological polar surface area (TPSA) is 51.4 Å². The average Bonchev–Trinajstić information content (AvgIpc) is 2.78. The summed E-state index contributed by atoms with van der Waals surface area (Å²) in [5, 5.41) is 0. The lowest BCUT2D eigenvalue weighted by molar-refractivity contribution is -0.145. The van der Waals surface area contributed by atoms with E-state index < -0.39 is 0 Å². The molecule has 0 amide bonds. The zero-order chi connectivity index (χ0) is 7.84. The van der Waals surface area contributed by atoms with Gasteiger partial charge in [-0.1, -0.05) is 0 Å². The molecule has 4 nitrogen and oxygen atoms in total. The maximum absolute atomic E-state index is 10.9. The van der Waals surface area contributed by atoms with Crippen molar-refractivity contribution in [1.29, 1.82) is 0 Å². The molecule has 0 bridgehead atoms. The molecule has 0 radical (unpaired) electrons. The second-order valence-corrected chi connectivity index (χ2v) is 2.85. The molecule has 0 aliphatic carbocycles. The maximum atomic E-state index is 10.9. The first kappa shape index (κ1) is 7.06. The monoisotopic (exact) mass is 158 g/mol. The largest absolute Gasteiger partial charge is 0.461 e. The first-order chi connectivity index (χ1) is 5.27. The highest BCUT2D eigenvalue weighted by Crippen LogP contribution is 2.22. The van der Waals surface area contributed by atoms with E-state index >= 15 is 0 Å². The van der Waals surface area contributed by atoms with E-state index in [1.807, 2.05) is 6.92 Å². The number of epoxide rings is 2. The molecule has 2 saturated heterocycles. The van der Waals surface area contributed by atoms with Crippen LogP contribution in [-0.2, 0) is 19.0 Å². The van der Waals surface area contributed by atoms with Crippen molar-refractivity contribution in [3.8, 4) is 0 Å². The molecule has 4 heteroatoms. The van der Waals surface area contributed by atoms with Crippen LogP contribution >= 0.6 is 0 Å². The Hall–Kier alpha value is -0.610. The summed E-state index contributed by atoms with van der Waals surface area (Å²) < 4.78 is 14.7. The third-order valence-electron chi connectivity index (χ3n) is 1.76. The van der Waals surface area contributed by atoms with Gasteiger partial charge in [-0.3, -0.25) is 0 Å². The quantitative estimate of drug-likeness (QED) is 0.418. The summed E-state index contributed by atoms with van der Waals surface area (Å²) in [4.78, 5) is 10.9. The lowest BCUT2D eigenvalue weighted by Gasteiger charge is -1.97. The van der Waals surface area contributed by atoms with Crippen molar-refractivity contribution in [2.75, 3.05) is 13.2 Å². The summed E-state index contributed by atoms with van der Waals surface area (Å²) >= 11 is 0. The van der Waals surface area contributed by atoms with Crippen molar-refractivity contribution in [2.24, 2.45) is 0 Å². The predicted octanol–water partition coefficient (Wildman–Crippen LogP) is -0.284. The van der Waals surface area contributed by atoms with Crippen LogP contribution in [0.4, 0.5) is 0 Å². The van der Waals surface area contributed by atoms with Crippen LogP contribution in [0.3, 0.4) is 0 Å². The highest BCUT2D eigenvalue weighted by Gasteiger charge is 2.43. The van der Waals surface area contributed by atoms with E-state index in [1.165, 1.54) is 0 Å². The Bertz CT molecular complexity index is 175. The summed E-state index contributed by atoms with van der Waals surface area (Å²) in [5.74, 6) is -0.256. The molecule has 0 saturated carbocycles. The van der Waals surface area contributed by atoms with Crippen LogP contribution in [0.5, 0.6) is 0 Å². The molecule has 2 aliphatic heterocycles. The Balaban J connectivity index is 1.65. The van der Waals surface area contributed by atoms with Gasteiger partial charge in [0.1, 0.15) is 12.7 Å². The van der Waals surface area contributed by atoms with Crippen molar-refractivity contribution >= 4 is 5.97 Å². The number of rotatable bonds is 3. The summed E-state index contributed by atoms with van der Waals surface area (Å²) in [7, 11) is 0. The van der Waals surface area contributed by atoms with Gasteiger partial charge in [0.05, 0.1) is 12.7 Å². The first-order valence-corrected chi connectivity index (χ1v) is 3.71. The number of esters is 1. The molecule has 2 fully saturated rings. The highest BCUT2D eigenvalue weighted by atomic mass is 16.7. The van der Waals surface area contributed by atoms with Crippen molar-refractivity contribution < 1.29 is 19.0 Å². The van der Waals surface area contributed by atoms with E-state index in [1.54, 1.807) is 0 Å². The molecule has 2 aliphatic rings. The minimum Gasteiger partial charge on any atom is -0.461 e. The Morgan fingerprint density at radius 1 is 1.73 bits per heavy atom. The molecule has 2 heterocycles. The number of carbonyl (C=O) groups is 1. The Morgan fingerprint density at radius 3 is 2.82 bits per heavy atom. The SMILES string of the molecule is CC1OC1C(=O)OCC1CO1. The highest BCUT2D eigenvalue weighted by molar-refractivity contribution is 5.77. The van der Waals surface area contributed by atoms with E-state index in [0.717, 1.165) is 0 Å². The second-order valence-electron chi connectivity index (χ2n) is 2.85. The molecule has 2 rings (SSSR count). The number of carbonyl (C=O) groups excluding carboxylic acids is 1. The molecule has 3 atom stereocenters. The van der Waals surface area contributed by atoms with Gasteiger partial charge in [0.2, 0.25) is 0 Å². The average molecular weight is 158 g/mol. The summed E-state index contributed by atoms with van der Waals surface area (Å²) in [6, 6.07) is 0. The van der Waals surface area contributed by atoms with Gasteiger partial charge < -0.3 is 14.2 Å². The van der Waals surface area contributed by atoms with Crippen molar-refractivity contribution in [1.82, 2.24) is 0 Å². The molecule has 0 N–H and O–H groups in total. The molecular weight excluding hydrogens is 148 g/mol. The van der Waals surface area contributed by atoms with Crippen molar-refractivity contribution in [3.63, 3.8) is 0 Å². The van der Waals surface area contributed by atoms with Gasteiger partial charge in [0, 0.05) is 0 Å². The van der Waals surface area contributed by atoms with Crippen LogP contribution in [0, 0.1) is 0 Å². The normalized spacial score (nSPS) is 39.9. The molecule has 0 aromatic heterocycles. The van der Waals surface area contributed by atoms with Crippen LogP contribution in [0.15, 0.2) is 0 Å². The van der Waals surface area contributed by atoms with Crippen molar-refractivity contribution in [3.05, 3.63) is 0 Å². The van der Waals surface area contributed by atoms with Gasteiger partial charge in [-0.15, -0.1) is 0 Å². The predicted molar refractivity (Wildman–Crippen MR) is 35.0 cm³/mol. The van der Waals surface area contributed by atoms with Gasteiger partial charge >= 0.3 is 5.97 Å². The lowest BCUT2D eigenvalue weighted by atomic mass is 10.3. The number of ether oxygens (including phenoxy) is 3. The Kier molecular flexibility index (Phi) is 1.58. The minimum atomic E-state index is -0.311. The summed E-state index contributed by atoms with van der Waals surface area (Å²) in [6.07, 6.45) is -0.121. The first-order valence-electron chi connectivity index (χ1n) is 3.71. The van der Waals surface area contributed by atoms with Gasteiger partial charge in [0.15, 0.2) is 6.10 Å². The third-order valence-corrected chi connectivity index (χ3v) is 1.76. The summed E-state index contributed by atoms with van der Waals surface area (Å²) in [6.45, 7) is 2.94. The third kappa shape index (κ3) is 1.70. The van der Waals surface area contributed by atoms with Gasteiger partial charge in [0.25, 0.3) is 0 Å². The smallest absolute Gasteiger partial charge is 0.338 e. The molecule has 0 aromatic rings. The lowest BCUT2D eigenvalue weighted by Crippen LogP contribution is -2.16. The van der Waals surface area contributed by atoms with Gasteiger partial charge in [-0.2, -0.15) is 0 Å². The fourth-order valence-corrected chi connectivity index (χ4v) is 0.855. The van der Waals surface area contributed by atoms with E-state index in [4.69, 9.17) is 14.2 Å². The number of hydrogen-bond acceptors (Lipinski definition) is 4. The van der Waals surface area contributed by atoms with E-state index in [2.05, 4.69) is 0 Å². The zero-order valence-corrected chi connectivity index (χ0v) is 6.28. The van der Waals surface area contributed by atoms with Crippen LogP contribution in [0.2, 0.25) is 0 Å². The second kappa shape index (κ2) is 2.46. The standard InChI is InChI=1S/C7H10O4/c1-4-6(11-4)7(8)10-3-5-2-9-5/h4-6H,2-3H2,1H3. The number of hydrogen-bond donors (Lipinski definition) is 0. The van der Waals surface area contributed by atoms with E-state index in [0.29, 0.717) is 13.2 Å². The minimum absolute atomic E-state index is 0.0441. The molecule has 11 heavy (non-hydrogen) atoms. The fraction of sp³-hybridized carbons (Fsp3) is 0.857. The Morgan fingerprint density at radius 2 is 2.36 bits per heavy atom. The zero-order valence-electron chi connectivity index (χ0n) is 6.28.